The van der Waals surface area contributed by atoms with Crippen LogP contribution < -0.4 is 5.73 Å². The molecule has 0 saturated heterocycles. The van der Waals surface area contributed by atoms with Crippen molar-refractivity contribution in [3.8, 4) is 0 Å². The lowest BCUT2D eigenvalue weighted by atomic mass is 9.48. The van der Waals surface area contributed by atoms with Crippen LogP contribution in [0.2, 0.25) is 0 Å². The van der Waals surface area contributed by atoms with Gasteiger partial charge in [-0.15, -0.1) is 0 Å². The van der Waals surface area contributed by atoms with E-state index in [1.807, 2.05) is 0 Å². The summed E-state index contributed by atoms with van der Waals surface area (Å²) in [5, 5.41) is 10.9. The number of hydrogen-bond donors (Lipinski definition) is 1. The fourth-order valence-corrected chi connectivity index (χ4v) is 5.65. The largest absolute Gasteiger partial charge is 0.454 e. The number of ketones is 1. The highest BCUT2D eigenvalue weighted by Crippen LogP contribution is 2.60. The summed E-state index contributed by atoms with van der Waals surface area (Å²) in [6, 6.07) is 3.62. The molecule has 0 radical (unpaired) electrons. The SMILES string of the molecule is Nc1ccc([N+](=O)[O-])cc1C(=O)OCC(=O)C12CC3CC(CC(C3)C1)C2. The Morgan fingerprint density at radius 2 is 1.73 bits per heavy atom. The standard InChI is InChI=1S/C19H22N2O5/c20-16-2-1-14(21(24)25)6-15(16)18(23)26-10-17(22)19-7-11-3-12(8-19)5-13(4-11)9-19/h1-2,6,11-13H,3-5,7-10,20H2. The van der Waals surface area contributed by atoms with Gasteiger partial charge in [-0.1, -0.05) is 0 Å². The monoisotopic (exact) mass is 358 g/mol. The Morgan fingerprint density at radius 3 is 2.27 bits per heavy atom. The molecular weight excluding hydrogens is 336 g/mol. The van der Waals surface area contributed by atoms with Gasteiger partial charge in [-0.3, -0.25) is 14.9 Å². The van der Waals surface area contributed by atoms with Crippen molar-refractivity contribution in [3.63, 3.8) is 0 Å². The van der Waals surface area contributed by atoms with Crippen LogP contribution in [0, 0.1) is 33.3 Å². The minimum absolute atomic E-state index is 0.00560. The summed E-state index contributed by atoms with van der Waals surface area (Å²) in [6.45, 7) is -0.285. The van der Waals surface area contributed by atoms with Crippen molar-refractivity contribution >= 4 is 23.1 Å². The Bertz CT molecular complexity index is 753. The van der Waals surface area contributed by atoms with Crippen molar-refractivity contribution in [3.05, 3.63) is 33.9 Å². The summed E-state index contributed by atoms with van der Waals surface area (Å²) in [4.78, 5) is 35.4. The summed E-state index contributed by atoms with van der Waals surface area (Å²) in [6.07, 6.45) is 6.43. The van der Waals surface area contributed by atoms with E-state index < -0.39 is 10.9 Å². The van der Waals surface area contributed by atoms with Crippen LogP contribution in [0.15, 0.2) is 18.2 Å². The first-order valence-electron chi connectivity index (χ1n) is 9.10. The fourth-order valence-electron chi connectivity index (χ4n) is 5.65. The Labute approximate surface area is 151 Å². The number of ether oxygens (including phenoxy) is 1. The minimum atomic E-state index is -0.788. The topological polar surface area (TPSA) is 113 Å². The average Bonchev–Trinajstić information content (AvgIpc) is 2.58. The van der Waals surface area contributed by atoms with Crippen molar-refractivity contribution in [1.29, 1.82) is 0 Å². The number of carbonyl (C=O) groups excluding carboxylic acids is 2. The number of rotatable bonds is 5. The summed E-state index contributed by atoms with van der Waals surface area (Å²) < 4.78 is 5.20. The maximum Gasteiger partial charge on any atom is 0.340 e. The van der Waals surface area contributed by atoms with Crippen LogP contribution in [0.3, 0.4) is 0 Å². The molecular formula is C19H22N2O5. The van der Waals surface area contributed by atoms with E-state index in [1.54, 1.807) is 0 Å². The molecule has 4 aliphatic rings. The van der Waals surface area contributed by atoms with Gasteiger partial charge in [0.2, 0.25) is 0 Å². The maximum atomic E-state index is 12.9. The van der Waals surface area contributed by atoms with Crippen LogP contribution >= 0.6 is 0 Å². The number of nitro groups is 1. The molecule has 138 valence electrons. The van der Waals surface area contributed by atoms with E-state index in [9.17, 15) is 19.7 Å². The molecule has 0 unspecified atom stereocenters. The molecule has 7 heteroatoms. The molecule has 4 aliphatic carbocycles. The van der Waals surface area contributed by atoms with Crippen LogP contribution in [0.5, 0.6) is 0 Å². The van der Waals surface area contributed by atoms with Gasteiger partial charge in [0.05, 0.1) is 10.5 Å². The summed E-state index contributed by atoms with van der Waals surface area (Å²) in [5.41, 5.74) is 5.20. The van der Waals surface area contributed by atoms with E-state index in [1.165, 1.54) is 31.4 Å². The van der Waals surface area contributed by atoms with E-state index in [-0.39, 0.29) is 34.7 Å². The molecule has 0 heterocycles. The number of Topliss-reactive ketones (excluding diaryl/α,β-unsaturated/α-hetero) is 1. The molecule has 4 saturated carbocycles. The molecule has 0 aliphatic heterocycles. The van der Waals surface area contributed by atoms with Crippen molar-refractivity contribution in [2.24, 2.45) is 23.2 Å². The van der Waals surface area contributed by atoms with Crippen molar-refractivity contribution in [2.75, 3.05) is 12.3 Å². The Hall–Kier alpha value is -2.44. The molecule has 0 spiro atoms. The zero-order chi connectivity index (χ0) is 18.5. The molecule has 7 nitrogen and oxygen atoms in total. The Morgan fingerprint density at radius 1 is 1.15 bits per heavy atom. The Kier molecular flexibility index (Phi) is 3.97. The number of esters is 1. The quantitative estimate of drug-likeness (QED) is 0.374. The minimum Gasteiger partial charge on any atom is -0.454 e. The molecule has 1 aromatic rings. The van der Waals surface area contributed by atoms with Gasteiger partial charge in [0, 0.05) is 23.2 Å². The predicted octanol–water partition coefficient (Wildman–Crippen LogP) is 3.12. The van der Waals surface area contributed by atoms with Crippen LogP contribution in [0.25, 0.3) is 0 Å². The Balaban J connectivity index is 1.44. The lowest BCUT2D eigenvalue weighted by molar-refractivity contribution is -0.384. The van der Waals surface area contributed by atoms with Gasteiger partial charge in [-0.25, -0.2) is 4.79 Å². The van der Waals surface area contributed by atoms with E-state index in [2.05, 4.69) is 0 Å². The third-order valence-corrected chi connectivity index (χ3v) is 6.43. The number of carbonyl (C=O) groups is 2. The predicted molar refractivity (Wildman–Crippen MR) is 93.4 cm³/mol. The number of nitrogens with two attached hydrogens (primary N) is 1. The van der Waals surface area contributed by atoms with E-state index in [0.29, 0.717) is 17.8 Å². The molecule has 0 amide bonds. The van der Waals surface area contributed by atoms with Gasteiger partial charge in [-0.2, -0.15) is 0 Å². The average molecular weight is 358 g/mol. The second-order valence-electron chi connectivity index (χ2n) is 8.23. The number of nitrogens with zero attached hydrogens (tertiary/aromatic N) is 1. The zero-order valence-electron chi connectivity index (χ0n) is 14.5. The first-order chi connectivity index (χ1) is 12.4. The summed E-state index contributed by atoms with van der Waals surface area (Å²) >= 11 is 0. The van der Waals surface area contributed by atoms with Crippen molar-refractivity contribution < 1.29 is 19.2 Å². The highest BCUT2D eigenvalue weighted by molar-refractivity contribution is 5.97. The van der Waals surface area contributed by atoms with Crippen LogP contribution in [0.1, 0.15) is 48.9 Å². The van der Waals surface area contributed by atoms with Gasteiger partial charge < -0.3 is 10.5 Å². The van der Waals surface area contributed by atoms with E-state index in [4.69, 9.17) is 10.5 Å². The number of hydrogen-bond acceptors (Lipinski definition) is 6. The van der Waals surface area contributed by atoms with E-state index >= 15 is 0 Å². The summed E-state index contributed by atoms with van der Waals surface area (Å²) in [7, 11) is 0. The normalized spacial score (nSPS) is 31.6. The maximum absolute atomic E-state index is 12.9. The third kappa shape index (κ3) is 2.85. The fraction of sp³-hybridized carbons (Fsp3) is 0.579. The molecule has 1 aromatic carbocycles. The molecule has 4 bridgehead atoms. The smallest absolute Gasteiger partial charge is 0.340 e. The van der Waals surface area contributed by atoms with Crippen LogP contribution in [0.4, 0.5) is 11.4 Å². The van der Waals surface area contributed by atoms with Crippen LogP contribution in [-0.4, -0.2) is 23.3 Å². The number of nitrogen functional groups attached to an aromatic ring is 1. The number of non-ortho nitro benzene ring substituents is 1. The summed E-state index contributed by atoms with van der Waals surface area (Å²) in [5.74, 6) is 1.10. The highest BCUT2D eigenvalue weighted by atomic mass is 16.6. The van der Waals surface area contributed by atoms with Crippen LogP contribution in [-0.2, 0) is 9.53 Å². The van der Waals surface area contributed by atoms with E-state index in [0.717, 1.165) is 25.3 Å². The first kappa shape index (κ1) is 17.0. The van der Waals surface area contributed by atoms with Gasteiger partial charge in [0.25, 0.3) is 5.69 Å². The molecule has 26 heavy (non-hydrogen) atoms. The lowest BCUT2D eigenvalue weighted by Gasteiger charge is -2.55. The van der Waals surface area contributed by atoms with Gasteiger partial charge >= 0.3 is 5.97 Å². The molecule has 0 atom stereocenters. The third-order valence-electron chi connectivity index (χ3n) is 6.43. The van der Waals surface area contributed by atoms with Gasteiger partial charge in [0.1, 0.15) is 0 Å². The highest BCUT2D eigenvalue weighted by Gasteiger charge is 2.54. The second-order valence-corrected chi connectivity index (χ2v) is 8.23. The molecule has 4 fully saturated rings. The zero-order valence-corrected chi connectivity index (χ0v) is 14.5. The lowest BCUT2D eigenvalue weighted by Crippen LogP contribution is -2.51. The number of anilines is 1. The van der Waals surface area contributed by atoms with Crippen molar-refractivity contribution in [2.45, 2.75) is 38.5 Å². The van der Waals surface area contributed by atoms with Crippen molar-refractivity contribution in [1.82, 2.24) is 0 Å². The molecule has 5 rings (SSSR count). The van der Waals surface area contributed by atoms with Gasteiger partial charge in [0.15, 0.2) is 12.4 Å². The molecule has 0 aromatic heterocycles. The number of benzene rings is 1. The molecule has 2 N–H and O–H groups in total. The second kappa shape index (κ2) is 6.07. The van der Waals surface area contributed by atoms with Gasteiger partial charge in [-0.05, 0) is 62.3 Å². The number of nitro benzene ring substituents is 1. The first-order valence-corrected chi connectivity index (χ1v) is 9.10.